The van der Waals surface area contributed by atoms with Crippen LogP contribution in [-0.4, -0.2) is 22.6 Å². The minimum Gasteiger partial charge on any atom is -0.370 e. The molecule has 1 aromatic heterocycles. The van der Waals surface area contributed by atoms with Crippen LogP contribution < -0.4 is 10.6 Å². The van der Waals surface area contributed by atoms with Gasteiger partial charge in [0.05, 0.1) is 0 Å². The van der Waals surface area contributed by atoms with E-state index in [0.717, 1.165) is 30.4 Å². The van der Waals surface area contributed by atoms with Crippen molar-refractivity contribution in [1.82, 2.24) is 9.97 Å². The molecule has 0 amide bonds. The summed E-state index contributed by atoms with van der Waals surface area (Å²) in [5, 5.41) is 6.88. The Hall–Kier alpha value is -1.32. The van der Waals surface area contributed by atoms with Gasteiger partial charge in [-0.2, -0.15) is 0 Å². The van der Waals surface area contributed by atoms with Gasteiger partial charge in [0, 0.05) is 25.1 Å². The second-order valence-electron chi connectivity index (χ2n) is 5.21. The maximum absolute atomic E-state index is 4.60. The highest BCUT2D eigenvalue weighted by atomic mass is 15.1. The Morgan fingerprint density at radius 3 is 2.35 bits per heavy atom. The first-order chi connectivity index (χ1) is 9.73. The summed E-state index contributed by atoms with van der Waals surface area (Å²) in [5.74, 6) is 2.78. The maximum Gasteiger partial charge on any atom is 0.132 e. The summed E-state index contributed by atoms with van der Waals surface area (Å²) < 4.78 is 0. The molecule has 0 saturated heterocycles. The summed E-state index contributed by atoms with van der Waals surface area (Å²) in [6.07, 6.45) is 6.99. The van der Waals surface area contributed by atoms with Crippen LogP contribution >= 0.6 is 0 Å². The van der Waals surface area contributed by atoms with Gasteiger partial charge in [-0.25, -0.2) is 9.97 Å². The molecule has 1 aromatic rings. The van der Waals surface area contributed by atoms with Gasteiger partial charge >= 0.3 is 0 Å². The molecule has 0 aliphatic carbocycles. The molecule has 2 N–H and O–H groups in total. The van der Waals surface area contributed by atoms with Gasteiger partial charge in [-0.3, -0.25) is 0 Å². The summed E-state index contributed by atoms with van der Waals surface area (Å²) in [6, 6.07) is 2.55. The molecule has 0 bridgehead atoms. The van der Waals surface area contributed by atoms with Crippen LogP contribution in [0.2, 0.25) is 0 Å². The van der Waals surface area contributed by atoms with Gasteiger partial charge in [0.2, 0.25) is 0 Å². The first-order valence-corrected chi connectivity index (χ1v) is 8.11. The van der Waals surface area contributed by atoms with E-state index in [9.17, 15) is 0 Å². The van der Waals surface area contributed by atoms with Gasteiger partial charge in [0.1, 0.15) is 17.5 Å². The molecule has 0 spiro atoms. The Kier molecular flexibility index (Phi) is 8.00. The van der Waals surface area contributed by atoms with Crippen molar-refractivity contribution in [3.05, 3.63) is 11.9 Å². The lowest BCUT2D eigenvalue weighted by Crippen LogP contribution is -2.20. The lowest BCUT2D eigenvalue weighted by molar-refractivity contribution is 0.562. The molecule has 0 saturated carbocycles. The molecule has 4 nitrogen and oxygen atoms in total. The summed E-state index contributed by atoms with van der Waals surface area (Å²) >= 11 is 0. The zero-order valence-corrected chi connectivity index (χ0v) is 13.5. The molecular weight excluding hydrogens is 248 g/mol. The molecule has 20 heavy (non-hydrogen) atoms. The van der Waals surface area contributed by atoms with Gasteiger partial charge in [-0.05, 0) is 19.8 Å². The Morgan fingerprint density at radius 1 is 1.00 bits per heavy atom. The van der Waals surface area contributed by atoms with E-state index in [1.54, 1.807) is 0 Å². The van der Waals surface area contributed by atoms with Crippen molar-refractivity contribution in [1.29, 1.82) is 0 Å². The monoisotopic (exact) mass is 278 g/mol. The quantitative estimate of drug-likeness (QED) is 0.672. The topological polar surface area (TPSA) is 49.8 Å². The molecule has 114 valence electrons. The van der Waals surface area contributed by atoms with Gasteiger partial charge in [0.15, 0.2) is 0 Å². The normalized spacial score (nSPS) is 12.2. The fraction of sp³-hybridized carbons (Fsp3) is 0.750. The van der Waals surface area contributed by atoms with Gasteiger partial charge in [-0.15, -0.1) is 0 Å². The molecule has 0 aromatic carbocycles. The zero-order valence-electron chi connectivity index (χ0n) is 13.5. The van der Waals surface area contributed by atoms with Crippen LogP contribution in [0.25, 0.3) is 0 Å². The van der Waals surface area contributed by atoms with Gasteiger partial charge < -0.3 is 10.6 Å². The van der Waals surface area contributed by atoms with E-state index in [4.69, 9.17) is 0 Å². The average molecular weight is 278 g/mol. The Bertz CT molecular complexity index is 379. The van der Waals surface area contributed by atoms with Crippen LogP contribution in [0, 0.1) is 0 Å². The van der Waals surface area contributed by atoms with Crippen molar-refractivity contribution in [2.45, 2.75) is 72.3 Å². The van der Waals surface area contributed by atoms with Gasteiger partial charge in [-0.1, -0.05) is 40.0 Å². The molecule has 0 aliphatic heterocycles. The summed E-state index contributed by atoms with van der Waals surface area (Å²) in [4.78, 5) is 9.10. The third kappa shape index (κ3) is 5.76. The fourth-order valence-corrected chi connectivity index (χ4v) is 2.30. The maximum atomic E-state index is 4.60. The van der Waals surface area contributed by atoms with Crippen molar-refractivity contribution in [3.8, 4) is 0 Å². The van der Waals surface area contributed by atoms with Crippen LogP contribution in [0.3, 0.4) is 0 Å². The first-order valence-electron chi connectivity index (χ1n) is 8.11. The Morgan fingerprint density at radius 2 is 1.75 bits per heavy atom. The molecular formula is C16H30N4. The molecule has 1 atom stereocenters. The van der Waals surface area contributed by atoms with E-state index in [1.807, 2.05) is 6.07 Å². The van der Waals surface area contributed by atoms with Crippen LogP contribution in [0.1, 0.15) is 65.6 Å². The largest absolute Gasteiger partial charge is 0.370 e. The number of hydrogen-bond donors (Lipinski definition) is 2. The number of hydrogen-bond acceptors (Lipinski definition) is 4. The van der Waals surface area contributed by atoms with E-state index in [1.165, 1.54) is 32.1 Å². The third-order valence-corrected chi connectivity index (χ3v) is 3.34. The molecule has 0 fully saturated rings. The molecule has 1 rings (SSSR count). The summed E-state index contributed by atoms with van der Waals surface area (Å²) in [7, 11) is 0. The van der Waals surface area contributed by atoms with Crippen molar-refractivity contribution in [2.75, 3.05) is 17.2 Å². The van der Waals surface area contributed by atoms with Crippen molar-refractivity contribution in [3.63, 3.8) is 0 Å². The second-order valence-corrected chi connectivity index (χ2v) is 5.21. The number of nitrogens with zero attached hydrogens (tertiary/aromatic N) is 2. The van der Waals surface area contributed by atoms with Gasteiger partial charge in [0.25, 0.3) is 0 Å². The summed E-state index contributed by atoms with van der Waals surface area (Å²) in [5.41, 5.74) is 0. The lowest BCUT2D eigenvalue weighted by Gasteiger charge is -2.19. The van der Waals surface area contributed by atoms with Crippen LogP contribution in [0.4, 0.5) is 11.6 Å². The smallest absolute Gasteiger partial charge is 0.132 e. The molecule has 0 radical (unpaired) electrons. The number of anilines is 2. The fourth-order valence-electron chi connectivity index (χ4n) is 2.30. The van der Waals surface area contributed by atoms with Crippen molar-refractivity contribution < 1.29 is 0 Å². The van der Waals surface area contributed by atoms with Crippen LogP contribution in [-0.2, 0) is 6.42 Å². The molecule has 1 heterocycles. The Labute approximate surface area is 123 Å². The number of aryl methyl sites for hydroxylation is 1. The predicted octanol–water partition coefficient (Wildman–Crippen LogP) is 4.24. The van der Waals surface area contributed by atoms with E-state index in [2.05, 4.69) is 48.3 Å². The molecule has 0 aliphatic rings. The highest BCUT2D eigenvalue weighted by Crippen LogP contribution is 2.17. The molecule has 4 heteroatoms. The predicted molar refractivity (Wildman–Crippen MR) is 87.4 cm³/mol. The Balaban J connectivity index is 2.78. The third-order valence-electron chi connectivity index (χ3n) is 3.34. The van der Waals surface area contributed by atoms with Crippen molar-refractivity contribution >= 4 is 11.6 Å². The lowest BCUT2D eigenvalue weighted by atomic mass is 10.1. The minimum atomic E-state index is 0.522. The number of nitrogens with one attached hydrogen (secondary N) is 2. The van der Waals surface area contributed by atoms with E-state index in [-0.39, 0.29) is 0 Å². The van der Waals surface area contributed by atoms with Crippen LogP contribution in [0.15, 0.2) is 6.07 Å². The number of rotatable bonds is 10. The number of aromatic nitrogens is 2. The standard InChI is InChI=1S/C16H30N4/c1-5-9-11-13(10-6-2)18-16-12-15(17-8-4)19-14(7-3)20-16/h12-13H,5-11H2,1-4H3,(H2,17,18,19,20). The first kappa shape index (κ1) is 16.7. The SMILES string of the molecule is CCCCC(CCC)Nc1cc(NCC)nc(CC)n1. The average Bonchev–Trinajstić information content (AvgIpc) is 2.45. The second kappa shape index (κ2) is 9.56. The minimum absolute atomic E-state index is 0.522. The van der Waals surface area contributed by atoms with E-state index >= 15 is 0 Å². The summed E-state index contributed by atoms with van der Waals surface area (Å²) in [6.45, 7) is 9.54. The molecule has 1 unspecified atom stereocenters. The number of unbranched alkanes of at least 4 members (excludes halogenated alkanes) is 1. The highest BCUT2D eigenvalue weighted by molar-refractivity contribution is 5.48. The van der Waals surface area contributed by atoms with Crippen LogP contribution in [0.5, 0.6) is 0 Å². The zero-order chi connectivity index (χ0) is 14.8. The van der Waals surface area contributed by atoms with E-state index in [0.29, 0.717) is 6.04 Å². The highest BCUT2D eigenvalue weighted by Gasteiger charge is 2.10. The van der Waals surface area contributed by atoms with Crippen molar-refractivity contribution in [2.24, 2.45) is 0 Å². The van der Waals surface area contributed by atoms with E-state index < -0.39 is 0 Å².